The molecule has 1 aliphatic rings. The molecule has 0 aliphatic carbocycles. The van der Waals surface area contributed by atoms with Crippen molar-refractivity contribution in [2.75, 3.05) is 34.4 Å². The van der Waals surface area contributed by atoms with Crippen molar-refractivity contribution in [1.29, 1.82) is 0 Å². The standard InChI is InChI=1S/C18H27NO5/c1-18(2,12-6-8-19-9-7-12)24-17(20)16-14(22-4)10-13(21-3)11-15(16)23-5/h10-12,19H,6-9H2,1-5H3/p+1. The molecule has 0 spiro atoms. The molecule has 2 rings (SSSR count). The van der Waals surface area contributed by atoms with Gasteiger partial charge in [0.25, 0.3) is 0 Å². The molecule has 1 aromatic rings. The molecule has 6 nitrogen and oxygen atoms in total. The first kappa shape index (κ1) is 18.4. The average Bonchev–Trinajstić information content (AvgIpc) is 2.60. The zero-order chi connectivity index (χ0) is 17.7. The van der Waals surface area contributed by atoms with Gasteiger partial charge in [-0.3, -0.25) is 0 Å². The number of carbonyl (C=O) groups excluding carboxylic acids is 1. The van der Waals surface area contributed by atoms with Crippen molar-refractivity contribution in [3.05, 3.63) is 17.7 Å². The Hall–Kier alpha value is -1.95. The van der Waals surface area contributed by atoms with Gasteiger partial charge < -0.3 is 24.3 Å². The van der Waals surface area contributed by atoms with Gasteiger partial charge in [0.2, 0.25) is 0 Å². The van der Waals surface area contributed by atoms with Crippen molar-refractivity contribution in [2.45, 2.75) is 32.3 Å². The number of piperidine rings is 1. The summed E-state index contributed by atoms with van der Waals surface area (Å²) < 4.78 is 21.8. The molecule has 134 valence electrons. The number of rotatable bonds is 6. The van der Waals surface area contributed by atoms with Crippen LogP contribution in [0.4, 0.5) is 0 Å². The van der Waals surface area contributed by atoms with E-state index in [2.05, 4.69) is 5.32 Å². The Labute approximate surface area is 143 Å². The van der Waals surface area contributed by atoms with Crippen molar-refractivity contribution in [3.8, 4) is 17.2 Å². The first-order valence-corrected chi connectivity index (χ1v) is 8.28. The Morgan fingerprint density at radius 1 is 1.04 bits per heavy atom. The Bertz CT molecular complexity index is 554. The maximum absolute atomic E-state index is 12.8. The van der Waals surface area contributed by atoms with Crippen LogP contribution in [0.2, 0.25) is 0 Å². The number of benzene rings is 1. The van der Waals surface area contributed by atoms with Crippen LogP contribution in [-0.2, 0) is 4.74 Å². The molecule has 6 heteroatoms. The molecular formula is C18H28NO5+. The fourth-order valence-electron chi connectivity index (χ4n) is 3.20. The Morgan fingerprint density at radius 3 is 2.04 bits per heavy atom. The van der Waals surface area contributed by atoms with Crippen LogP contribution in [0.5, 0.6) is 17.2 Å². The molecule has 24 heavy (non-hydrogen) atoms. The lowest BCUT2D eigenvalue weighted by molar-refractivity contribution is -0.665. The third-order valence-corrected chi connectivity index (χ3v) is 4.70. The quantitative estimate of drug-likeness (QED) is 0.798. The molecule has 1 aromatic carbocycles. The number of carbonyl (C=O) groups is 1. The van der Waals surface area contributed by atoms with Crippen molar-refractivity contribution >= 4 is 5.97 Å². The third kappa shape index (κ3) is 3.93. The summed E-state index contributed by atoms with van der Waals surface area (Å²) >= 11 is 0. The van der Waals surface area contributed by atoms with Gasteiger partial charge in [0, 0.05) is 30.9 Å². The van der Waals surface area contributed by atoms with E-state index < -0.39 is 11.6 Å². The lowest BCUT2D eigenvalue weighted by Crippen LogP contribution is -2.86. The highest BCUT2D eigenvalue weighted by molar-refractivity contribution is 5.96. The van der Waals surface area contributed by atoms with Gasteiger partial charge in [-0.1, -0.05) is 0 Å². The average molecular weight is 338 g/mol. The molecule has 1 heterocycles. The lowest BCUT2D eigenvalue weighted by Gasteiger charge is -2.35. The molecule has 0 radical (unpaired) electrons. The SMILES string of the molecule is COc1cc(OC)c(C(=O)OC(C)(C)C2CC[NH2+]CC2)c(OC)c1. The fourth-order valence-corrected chi connectivity index (χ4v) is 3.20. The van der Waals surface area contributed by atoms with E-state index in [1.54, 1.807) is 19.2 Å². The number of hydrogen-bond acceptors (Lipinski definition) is 5. The van der Waals surface area contributed by atoms with E-state index in [0.717, 1.165) is 25.9 Å². The molecule has 0 saturated carbocycles. The van der Waals surface area contributed by atoms with Gasteiger partial charge in [-0.15, -0.1) is 0 Å². The van der Waals surface area contributed by atoms with E-state index in [1.807, 2.05) is 13.8 Å². The predicted molar refractivity (Wildman–Crippen MR) is 90.0 cm³/mol. The Morgan fingerprint density at radius 2 is 1.58 bits per heavy atom. The van der Waals surface area contributed by atoms with Crippen LogP contribution in [0.15, 0.2) is 12.1 Å². The fraction of sp³-hybridized carbons (Fsp3) is 0.611. The van der Waals surface area contributed by atoms with Gasteiger partial charge in [0.15, 0.2) is 0 Å². The molecule has 1 aliphatic heterocycles. The normalized spacial score (nSPS) is 15.7. The van der Waals surface area contributed by atoms with Crippen LogP contribution < -0.4 is 19.5 Å². The highest BCUT2D eigenvalue weighted by atomic mass is 16.6. The summed E-state index contributed by atoms with van der Waals surface area (Å²) in [6, 6.07) is 3.31. The van der Waals surface area contributed by atoms with E-state index >= 15 is 0 Å². The second-order valence-electron chi connectivity index (χ2n) is 6.54. The summed E-state index contributed by atoms with van der Waals surface area (Å²) in [6.07, 6.45) is 2.08. The Kier molecular flexibility index (Phi) is 5.94. The Balaban J connectivity index is 2.28. The minimum atomic E-state index is -0.540. The number of methoxy groups -OCH3 is 3. The summed E-state index contributed by atoms with van der Waals surface area (Å²) in [6.45, 7) is 6.09. The van der Waals surface area contributed by atoms with Crippen LogP contribution in [0.25, 0.3) is 0 Å². The van der Waals surface area contributed by atoms with E-state index in [4.69, 9.17) is 18.9 Å². The summed E-state index contributed by atoms with van der Waals surface area (Å²) in [5.41, 5.74) is -0.252. The van der Waals surface area contributed by atoms with Gasteiger partial charge >= 0.3 is 5.97 Å². The highest BCUT2D eigenvalue weighted by Crippen LogP contribution is 2.37. The molecule has 0 bridgehead atoms. The maximum atomic E-state index is 12.8. The molecular weight excluding hydrogens is 310 g/mol. The number of hydrogen-bond donors (Lipinski definition) is 1. The smallest absolute Gasteiger partial charge is 0.346 e. The number of nitrogens with two attached hydrogens (primary N) is 1. The zero-order valence-corrected chi connectivity index (χ0v) is 15.2. The van der Waals surface area contributed by atoms with Crippen LogP contribution in [0.3, 0.4) is 0 Å². The molecule has 1 fully saturated rings. The lowest BCUT2D eigenvalue weighted by atomic mass is 9.83. The van der Waals surface area contributed by atoms with Crippen LogP contribution in [0, 0.1) is 5.92 Å². The third-order valence-electron chi connectivity index (χ3n) is 4.70. The zero-order valence-electron chi connectivity index (χ0n) is 15.2. The molecule has 0 atom stereocenters. The minimum Gasteiger partial charge on any atom is -0.496 e. The van der Waals surface area contributed by atoms with Crippen molar-refractivity contribution in [2.24, 2.45) is 5.92 Å². The second kappa shape index (κ2) is 7.75. The summed E-state index contributed by atoms with van der Waals surface area (Å²) in [7, 11) is 4.57. The van der Waals surface area contributed by atoms with Crippen LogP contribution >= 0.6 is 0 Å². The monoisotopic (exact) mass is 338 g/mol. The summed E-state index contributed by atoms with van der Waals surface area (Å²) in [5.74, 6) is 1.22. The van der Waals surface area contributed by atoms with E-state index in [9.17, 15) is 4.79 Å². The molecule has 0 unspecified atom stereocenters. The van der Waals surface area contributed by atoms with Gasteiger partial charge in [-0.05, 0) is 13.8 Å². The molecule has 0 aromatic heterocycles. The second-order valence-corrected chi connectivity index (χ2v) is 6.54. The van der Waals surface area contributed by atoms with Crippen LogP contribution in [0.1, 0.15) is 37.0 Å². The van der Waals surface area contributed by atoms with E-state index in [-0.39, 0.29) is 5.56 Å². The summed E-state index contributed by atoms with van der Waals surface area (Å²) in [4.78, 5) is 12.8. The van der Waals surface area contributed by atoms with Gasteiger partial charge in [-0.25, -0.2) is 4.79 Å². The van der Waals surface area contributed by atoms with Crippen molar-refractivity contribution in [3.63, 3.8) is 0 Å². The maximum Gasteiger partial charge on any atom is 0.346 e. The number of quaternary nitrogens is 1. The summed E-state index contributed by atoms with van der Waals surface area (Å²) in [5, 5.41) is 2.30. The van der Waals surface area contributed by atoms with Gasteiger partial charge in [0.1, 0.15) is 28.4 Å². The molecule has 0 amide bonds. The largest absolute Gasteiger partial charge is 0.496 e. The highest BCUT2D eigenvalue weighted by Gasteiger charge is 2.37. The van der Waals surface area contributed by atoms with Crippen LogP contribution in [-0.4, -0.2) is 46.0 Å². The molecule has 2 N–H and O–H groups in total. The number of esters is 1. The minimum absolute atomic E-state index is 0.288. The topological polar surface area (TPSA) is 70.6 Å². The predicted octanol–water partition coefficient (Wildman–Crippen LogP) is 1.62. The van der Waals surface area contributed by atoms with Gasteiger partial charge in [0.05, 0.1) is 34.4 Å². The van der Waals surface area contributed by atoms with Crippen molar-refractivity contribution in [1.82, 2.24) is 0 Å². The first-order chi connectivity index (χ1) is 11.4. The van der Waals surface area contributed by atoms with Gasteiger partial charge in [-0.2, -0.15) is 0 Å². The first-order valence-electron chi connectivity index (χ1n) is 8.28. The molecule has 1 saturated heterocycles. The number of ether oxygens (including phenoxy) is 4. The van der Waals surface area contributed by atoms with Crippen molar-refractivity contribution < 1.29 is 29.1 Å². The van der Waals surface area contributed by atoms with E-state index in [0.29, 0.717) is 23.2 Å². The van der Waals surface area contributed by atoms with E-state index in [1.165, 1.54) is 14.2 Å².